The lowest BCUT2D eigenvalue weighted by molar-refractivity contribution is -0.197. The Morgan fingerprint density at radius 1 is 0.615 bits per heavy atom. The standard InChI is InChI=1S/C24H21N3O12/c28-17-1-2-18(29)25(17)14-11-15(36-9-7-23(34)38-26-19(30)3-4-20(26)31)13-16(12-14)37-10-8-24(35)39-27-21(32)5-6-22(27)33/h1-2,11-13H,3-10H2. The summed E-state index contributed by atoms with van der Waals surface area (Å²) >= 11 is 0. The number of carbonyl (C=O) groups excluding carboxylic acids is 8. The van der Waals surface area contributed by atoms with Crippen molar-refractivity contribution in [3.05, 3.63) is 30.4 Å². The van der Waals surface area contributed by atoms with E-state index >= 15 is 0 Å². The molecule has 0 bridgehead atoms. The first kappa shape index (κ1) is 27.0. The number of anilines is 1. The maximum absolute atomic E-state index is 12.1. The number of benzene rings is 1. The van der Waals surface area contributed by atoms with Gasteiger partial charge >= 0.3 is 11.9 Å². The number of ether oxygens (including phenoxy) is 2. The monoisotopic (exact) mass is 543 g/mol. The van der Waals surface area contributed by atoms with Crippen molar-refractivity contribution in [1.82, 2.24) is 10.1 Å². The molecule has 3 aliphatic rings. The summed E-state index contributed by atoms with van der Waals surface area (Å²) in [6, 6.07) is 4.04. The van der Waals surface area contributed by atoms with E-state index in [0.29, 0.717) is 10.1 Å². The quantitative estimate of drug-likeness (QED) is 0.337. The molecule has 0 spiro atoms. The fourth-order valence-corrected chi connectivity index (χ4v) is 3.62. The second-order valence-electron chi connectivity index (χ2n) is 8.30. The van der Waals surface area contributed by atoms with Crippen molar-refractivity contribution in [1.29, 1.82) is 0 Å². The number of hydrogen-bond acceptors (Lipinski definition) is 12. The van der Waals surface area contributed by atoms with Crippen LogP contribution in [-0.2, 0) is 48.0 Å². The minimum absolute atomic E-state index is 0.0484. The van der Waals surface area contributed by atoms with Crippen LogP contribution < -0.4 is 14.4 Å². The molecule has 6 amide bonds. The van der Waals surface area contributed by atoms with Gasteiger partial charge in [0.15, 0.2) is 0 Å². The van der Waals surface area contributed by atoms with Gasteiger partial charge in [-0.2, -0.15) is 0 Å². The number of hydrogen-bond donors (Lipinski definition) is 0. The molecular weight excluding hydrogens is 522 g/mol. The lowest BCUT2D eigenvalue weighted by atomic mass is 10.2. The molecule has 4 rings (SSSR count). The van der Waals surface area contributed by atoms with Gasteiger partial charge in [0.2, 0.25) is 0 Å². The summed E-state index contributed by atoms with van der Waals surface area (Å²) in [5.41, 5.74) is 0.0779. The van der Waals surface area contributed by atoms with Crippen LogP contribution in [0, 0.1) is 0 Å². The molecule has 1 aromatic carbocycles. The lowest BCUT2D eigenvalue weighted by Gasteiger charge is -2.18. The fraction of sp³-hybridized carbons (Fsp3) is 0.333. The van der Waals surface area contributed by atoms with Crippen LogP contribution in [0.25, 0.3) is 0 Å². The van der Waals surface area contributed by atoms with Gasteiger partial charge in [0.25, 0.3) is 35.4 Å². The van der Waals surface area contributed by atoms with E-state index < -0.39 is 47.4 Å². The Labute approximate surface area is 219 Å². The van der Waals surface area contributed by atoms with Crippen LogP contribution in [0.15, 0.2) is 30.4 Å². The molecule has 0 aromatic heterocycles. The Morgan fingerprint density at radius 2 is 1.00 bits per heavy atom. The van der Waals surface area contributed by atoms with Gasteiger partial charge < -0.3 is 19.1 Å². The Bertz CT molecular complexity index is 1180. The summed E-state index contributed by atoms with van der Waals surface area (Å²) in [4.78, 5) is 105. The van der Waals surface area contributed by atoms with E-state index in [9.17, 15) is 38.4 Å². The number of amides is 6. The molecule has 0 aliphatic carbocycles. The normalized spacial score (nSPS) is 17.0. The predicted molar refractivity (Wildman–Crippen MR) is 123 cm³/mol. The second kappa shape index (κ2) is 11.5. The molecule has 2 saturated heterocycles. The van der Waals surface area contributed by atoms with Crippen LogP contribution in [0.3, 0.4) is 0 Å². The molecule has 0 radical (unpaired) electrons. The van der Waals surface area contributed by atoms with E-state index in [1.54, 1.807) is 0 Å². The smallest absolute Gasteiger partial charge is 0.336 e. The van der Waals surface area contributed by atoms with Gasteiger partial charge in [0.05, 0.1) is 31.7 Å². The third-order valence-electron chi connectivity index (χ3n) is 5.48. The zero-order valence-electron chi connectivity index (χ0n) is 20.3. The summed E-state index contributed by atoms with van der Waals surface area (Å²) in [7, 11) is 0. The second-order valence-corrected chi connectivity index (χ2v) is 8.30. The Balaban J connectivity index is 1.36. The Kier molecular flexibility index (Phi) is 7.98. The van der Waals surface area contributed by atoms with E-state index in [2.05, 4.69) is 0 Å². The van der Waals surface area contributed by atoms with Gasteiger partial charge in [-0.25, -0.2) is 14.5 Å². The molecule has 0 N–H and O–H groups in total. The molecule has 1 aromatic rings. The highest BCUT2D eigenvalue weighted by molar-refractivity contribution is 6.28. The van der Waals surface area contributed by atoms with Crippen molar-refractivity contribution in [2.24, 2.45) is 0 Å². The molecule has 15 heteroatoms. The van der Waals surface area contributed by atoms with Gasteiger partial charge in [-0.05, 0) is 0 Å². The molecule has 15 nitrogen and oxygen atoms in total. The minimum atomic E-state index is -0.895. The van der Waals surface area contributed by atoms with E-state index in [4.69, 9.17) is 19.1 Å². The topological polar surface area (TPSA) is 183 Å². The van der Waals surface area contributed by atoms with E-state index in [1.807, 2.05) is 0 Å². The largest absolute Gasteiger partial charge is 0.493 e. The number of hydroxylamine groups is 4. The van der Waals surface area contributed by atoms with Crippen molar-refractivity contribution in [2.45, 2.75) is 38.5 Å². The summed E-state index contributed by atoms with van der Waals surface area (Å²) in [6.45, 7) is -0.523. The van der Waals surface area contributed by atoms with Gasteiger partial charge in [0.1, 0.15) is 11.5 Å². The highest BCUT2D eigenvalue weighted by atomic mass is 16.7. The molecule has 0 atom stereocenters. The van der Waals surface area contributed by atoms with Crippen LogP contribution in [0.5, 0.6) is 11.5 Å². The van der Waals surface area contributed by atoms with Crippen LogP contribution in [0.1, 0.15) is 38.5 Å². The van der Waals surface area contributed by atoms with Gasteiger partial charge in [0, 0.05) is 56.0 Å². The van der Waals surface area contributed by atoms with E-state index in [-0.39, 0.29) is 68.9 Å². The lowest BCUT2D eigenvalue weighted by Crippen LogP contribution is -2.32. The summed E-state index contributed by atoms with van der Waals surface area (Å²) < 4.78 is 11.1. The fourth-order valence-electron chi connectivity index (χ4n) is 3.62. The maximum atomic E-state index is 12.1. The zero-order chi connectivity index (χ0) is 28.1. The molecule has 3 aliphatic heterocycles. The van der Waals surface area contributed by atoms with Crippen molar-refractivity contribution in [3.8, 4) is 11.5 Å². The SMILES string of the molecule is O=C(CCOc1cc(OCCC(=O)ON2C(=O)CCC2=O)cc(N2C(=O)C=CC2=O)c1)ON1C(=O)CCC1=O. The zero-order valence-corrected chi connectivity index (χ0v) is 20.3. The van der Waals surface area contributed by atoms with Gasteiger partial charge in [-0.3, -0.25) is 28.8 Å². The molecule has 39 heavy (non-hydrogen) atoms. The molecular formula is C24H21N3O12. The van der Waals surface area contributed by atoms with Crippen molar-refractivity contribution in [3.63, 3.8) is 0 Å². The Hall–Kier alpha value is -5.08. The van der Waals surface area contributed by atoms with Crippen molar-refractivity contribution < 1.29 is 57.5 Å². The number of carbonyl (C=O) groups is 8. The number of rotatable bonds is 11. The van der Waals surface area contributed by atoms with Crippen LogP contribution in [-0.4, -0.2) is 70.7 Å². The first-order valence-electron chi connectivity index (χ1n) is 11.7. The van der Waals surface area contributed by atoms with Crippen LogP contribution >= 0.6 is 0 Å². The maximum Gasteiger partial charge on any atom is 0.336 e. The summed E-state index contributed by atoms with van der Waals surface area (Å²) in [5, 5.41) is 0.820. The average molecular weight is 543 g/mol. The van der Waals surface area contributed by atoms with Crippen LogP contribution in [0.2, 0.25) is 0 Å². The highest BCUT2D eigenvalue weighted by Crippen LogP contribution is 2.31. The van der Waals surface area contributed by atoms with Gasteiger partial charge in [-0.1, -0.05) is 0 Å². The van der Waals surface area contributed by atoms with E-state index in [1.165, 1.54) is 18.2 Å². The summed E-state index contributed by atoms with van der Waals surface area (Å²) in [5.74, 6) is -5.37. The third kappa shape index (κ3) is 6.44. The third-order valence-corrected chi connectivity index (χ3v) is 5.48. The van der Waals surface area contributed by atoms with Crippen molar-refractivity contribution >= 4 is 53.1 Å². The highest BCUT2D eigenvalue weighted by Gasteiger charge is 2.34. The van der Waals surface area contributed by atoms with Crippen LogP contribution in [0.4, 0.5) is 5.69 Å². The van der Waals surface area contributed by atoms with Gasteiger partial charge in [-0.15, -0.1) is 10.1 Å². The Morgan fingerprint density at radius 3 is 1.38 bits per heavy atom. The van der Waals surface area contributed by atoms with Crippen molar-refractivity contribution in [2.75, 3.05) is 18.1 Å². The number of imide groups is 3. The predicted octanol–water partition coefficient (Wildman–Crippen LogP) is -0.132. The molecule has 204 valence electrons. The van der Waals surface area contributed by atoms with E-state index in [0.717, 1.165) is 17.1 Å². The molecule has 0 unspecified atom stereocenters. The molecule has 0 saturated carbocycles. The first-order chi connectivity index (χ1) is 18.6. The minimum Gasteiger partial charge on any atom is -0.493 e. The summed E-state index contributed by atoms with van der Waals surface area (Å²) in [6.07, 6.45) is 1.26. The molecule has 2 fully saturated rings. The molecule has 3 heterocycles. The average Bonchev–Trinajstić information content (AvgIpc) is 3.51. The first-order valence-corrected chi connectivity index (χ1v) is 11.7. The number of nitrogens with zero attached hydrogens (tertiary/aromatic N) is 3.